The number of anilines is 2. The maximum Gasteiger partial charge on any atom is 0.233 e. The van der Waals surface area contributed by atoms with E-state index in [0.29, 0.717) is 41.3 Å². The smallest absolute Gasteiger partial charge is 0.233 e. The van der Waals surface area contributed by atoms with Crippen LogP contribution in [0.2, 0.25) is 0 Å². The summed E-state index contributed by atoms with van der Waals surface area (Å²) in [6.45, 7) is 7.01. The molecule has 1 saturated carbocycles. The number of benzene rings is 1. The number of hydrogen-bond donors (Lipinski definition) is 2. The van der Waals surface area contributed by atoms with Gasteiger partial charge in [0.05, 0.1) is 0 Å². The van der Waals surface area contributed by atoms with E-state index in [4.69, 9.17) is 15.0 Å². The summed E-state index contributed by atoms with van der Waals surface area (Å²) in [5.41, 5.74) is 1.80. The zero-order valence-electron chi connectivity index (χ0n) is 21.2. The lowest BCUT2D eigenvalue weighted by Crippen LogP contribution is -2.28. The molecule has 2 N–H and O–H groups in total. The number of amides is 1. The predicted octanol–water partition coefficient (Wildman–Crippen LogP) is 5.19. The van der Waals surface area contributed by atoms with Gasteiger partial charge >= 0.3 is 0 Å². The monoisotopic (exact) mass is 486 g/mol. The Balaban J connectivity index is 1.60. The van der Waals surface area contributed by atoms with Crippen LogP contribution in [0, 0.1) is 11.3 Å². The lowest BCUT2D eigenvalue weighted by atomic mass is 9.89. The number of fused-ring (bicyclic) bond motifs is 1. The van der Waals surface area contributed by atoms with Crippen LogP contribution in [0.4, 0.5) is 11.8 Å². The molecule has 5 rings (SSSR count). The van der Waals surface area contributed by atoms with Crippen LogP contribution >= 0.6 is 0 Å². The lowest BCUT2D eigenvalue weighted by molar-refractivity contribution is -0.123. The Labute approximate surface area is 211 Å². The van der Waals surface area contributed by atoms with Crippen molar-refractivity contribution >= 4 is 28.8 Å². The largest absolute Gasteiger partial charge is 0.350 e. The summed E-state index contributed by atoms with van der Waals surface area (Å²) in [7, 11) is 0. The highest BCUT2D eigenvalue weighted by Crippen LogP contribution is 2.31. The molecular formula is C27H34N8O. The molecule has 0 radical (unpaired) electrons. The molecule has 1 aliphatic rings. The van der Waals surface area contributed by atoms with Gasteiger partial charge in [0.15, 0.2) is 17.0 Å². The van der Waals surface area contributed by atoms with Crippen LogP contribution in [0.15, 0.2) is 48.8 Å². The summed E-state index contributed by atoms with van der Waals surface area (Å²) in [5, 5.41) is 10.8. The fraction of sp³-hybridized carbons (Fsp3) is 0.444. The van der Waals surface area contributed by atoms with Gasteiger partial charge in [-0.2, -0.15) is 15.1 Å². The molecule has 1 aliphatic carbocycles. The number of nitrogens with zero attached hydrogens (tertiary/aromatic N) is 6. The van der Waals surface area contributed by atoms with Crippen molar-refractivity contribution in [3.05, 3.63) is 54.4 Å². The van der Waals surface area contributed by atoms with Crippen molar-refractivity contribution in [2.24, 2.45) is 11.3 Å². The van der Waals surface area contributed by atoms with Crippen LogP contribution in [0.3, 0.4) is 0 Å². The van der Waals surface area contributed by atoms with E-state index in [1.165, 1.54) is 32.1 Å². The van der Waals surface area contributed by atoms with Crippen LogP contribution < -0.4 is 10.6 Å². The molecular weight excluding hydrogens is 452 g/mol. The Kier molecular flexibility index (Phi) is 6.71. The number of carbonyl (C=O) groups is 1. The number of carbonyl (C=O) groups excluding carboxylic acids is 1. The molecule has 1 aromatic carbocycles. The van der Waals surface area contributed by atoms with Gasteiger partial charge in [0.25, 0.3) is 0 Å². The van der Waals surface area contributed by atoms with Crippen molar-refractivity contribution < 1.29 is 4.79 Å². The first kappa shape index (κ1) is 24.0. The van der Waals surface area contributed by atoms with E-state index in [1.54, 1.807) is 10.9 Å². The fourth-order valence-corrected chi connectivity index (χ4v) is 4.59. The molecule has 188 valence electrons. The minimum Gasteiger partial charge on any atom is -0.350 e. The number of hydrogen-bond acceptors (Lipinski definition) is 6. The average molecular weight is 487 g/mol. The van der Waals surface area contributed by atoms with Crippen LogP contribution in [0.1, 0.15) is 58.4 Å². The second kappa shape index (κ2) is 10.1. The van der Waals surface area contributed by atoms with E-state index in [9.17, 15) is 4.79 Å². The maximum atomic E-state index is 13.0. The number of aromatic nitrogens is 6. The van der Waals surface area contributed by atoms with Crippen molar-refractivity contribution in [2.45, 2.75) is 66.0 Å². The Morgan fingerprint density at radius 2 is 1.81 bits per heavy atom. The van der Waals surface area contributed by atoms with E-state index < -0.39 is 5.41 Å². The summed E-state index contributed by atoms with van der Waals surface area (Å²) in [4.78, 5) is 27.5. The molecule has 4 aromatic rings. The molecule has 36 heavy (non-hydrogen) atoms. The van der Waals surface area contributed by atoms with Crippen molar-refractivity contribution in [2.75, 3.05) is 10.6 Å². The van der Waals surface area contributed by atoms with Gasteiger partial charge in [-0.1, -0.05) is 70.4 Å². The third-order valence-corrected chi connectivity index (χ3v) is 6.66. The topological polar surface area (TPSA) is 103 Å². The molecule has 0 unspecified atom stereocenters. The molecule has 0 aliphatic heterocycles. The normalized spacial score (nSPS) is 14.8. The first-order valence-electron chi connectivity index (χ1n) is 12.8. The Hall–Kier alpha value is -3.75. The predicted molar refractivity (Wildman–Crippen MR) is 141 cm³/mol. The third kappa shape index (κ3) is 5.24. The number of rotatable bonds is 7. The standard InChI is InChI=1S/C27H34N8O/c1-27(2,3)24(36)31-22-21-23(33-25(32-22)28-17-19-11-6-4-7-12-19)34(18-20-13-8-5-9-14-20)26(30-21)35-16-10-15-29-35/h4,6-7,10-12,15-16,20H,5,8-9,13-14,17-18H2,1-3H3,(H2,28,31,32,33,36). The van der Waals surface area contributed by atoms with Crippen LogP contribution in [-0.2, 0) is 17.9 Å². The van der Waals surface area contributed by atoms with Gasteiger partial charge in [-0.05, 0) is 30.4 Å². The number of imidazole rings is 1. The average Bonchev–Trinajstić information content (AvgIpc) is 3.52. The summed E-state index contributed by atoms with van der Waals surface area (Å²) in [6.07, 6.45) is 9.80. The minimum absolute atomic E-state index is 0.126. The Morgan fingerprint density at radius 3 is 2.50 bits per heavy atom. The van der Waals surface area contributed by atoms with Crippen molar-refractivity contribution in [1.29, 1.82) is 0 Å². The van der Waals surface area contributed by atoms with Gasteiger partial charge in [-0.25, -0.2) is 9.67 Å². The van der Waals surface area contributed by atoms with E-state index in [-0.39, 0.29) is 5.91 Å². The highest BCUT2D eigenvalue weighted by molar-refractivity contribution is 6.00. The first-order valence-corrected chi connectivity index (χ1v) is 12.8. The fourth-order valence-electron chi connectivity index (χ4n) is 4.59. The summed E-state index contributed by atoms with van der Waals surface area (Å²) in [6, 6.07) is 12.0. The quantitative estimate of drug-likeness (QED) is 0.373. The molecule has 0 atom stereocenters. The van der Waals surface area contributed by atoms with Gasteiger partial charge in [0.2, 0.25) is 17.8 Å². The second-order valence-corrected chi connectivity index (χ2v) is 10.6. The molecule has 3 heterocycles. The van der Waals surface area contributed by atoms with Crippen LogP contribution in [0.5, 0.6) is 0 Å². The number of nitrogens with one attached hydrogen (secondary N) is 2. The molecule has 0 bridgehead atoms. The zero-order chi connectivity index (χ0) is 25.1. The molecule has 1 fully saturated rings. The van der Waals surface area contributed by atoms with Crippen LogP contribution in [0.25, 0.3) is 17.1 Å². The maximum absolute atomic E-state index is 13.0. The summed E-state index contributed by atoms with van der Waals surface area (Å²) >= 11 is 0. The SMILES string of the molecule is CC(C)(C)C(=O)Nc1nc(NCc2ccccc2)nc2c1nc(-n1cccn1)n2CC1CCCCC1. The van der Waals surface area contributed by atoms with Gasteiger partial charge < -0.3 is 10.6 Å². The van der Waals surface area contributed by atoms with Gasteiger partial charge in [0, 0.05) is 30.9 Å². The molecule has 3 aromatic heterocycles. The first-order chi connectivity index (χ1) is 17.4. The molecule has 1 amide bonds. The minimum atomic E-state index is -0.579. The van der Waals surface area contributed by atoms with E-state index in [0.717, 1.165) is 12.1 Å². The van der Waals surface area contributed by atoms with Gasteiger partial charge in [-0.3, -0.25) is 9.36 Å². The summed E-state index contributed by atoms with van der Waals surface area (Å²) < 4.78 is 3.90. The van der Waals surface area contributed by atoms with Crippen molar-refractivity contribution in [3.63, 3.8) is 0 Å². The van der Waals surface area contributed by atoms with E-state index >= 15 is 0 Å². The highest BCUT2D eigenvalue weighted by Gasteiger charge is 2.27. The lowest BCUT2D eigenvalue weighted by Gasteiger charge is -2.23. The Bertz CT molecular complexity index is 1320. The zero-order valence-corrected chi connectivity index (χ0v) is 21.2. The van der Waals surface area contributed by atoms with Gasteiger partial charge in [0.1, 0.15) is 0 Å². The Morgan fingerprint density at radius 1 is 1.03 bits per heavy atom. The van der Waals surface area contributed by atoms with E-state index in [2.05, 4.69) is 32.4 Å². The van der Waals surface area contributed by atoms with Crippen molar-refractivity contribution in [1.82, 2.24) is 29.3 Å². The highest BCUT2D eigenvalue weighted by atomic mass is 16.2. The van der Waals surface area contributed by atoms with E-state index in [1.807, 2.05) is 51.2 Å². The van der Waals surface area contributed by atoms with Crippen LogP contribution in [-0.4, -0.2) is 35.2 Å². The van der Waals surface area contributed by atoms with Gasteiger partial charge in [-0.15, -0.1) is 0 Å². The molecule has 9 nitrogen and oxygen atoms in total. The molecule has 0 spiro atoms. The summed E-state index contributed by atoms with van der Waals surface area (Å²) in [5.74, 6) is 1.97. The third-order valence-electron chi connectivity index (χ3n) is 6.66. The van der Waals surface area contributed by atoms with Crippen molar-refractivity contribution in [3.8, 4) is 5.95 Å². The second-order valence-electron chi connectivity index (χ2n) is 10.6. The molecule has 0 saturated heterocycles. The molecule has 9 heteroatoms.